The fourth-order valence-electron chi connectivity index (χ4n) is 3.58. The molecule has 2 aromatic heterocycles. The molecule has 1 amide bonds. The smallest absolute Gasteiger partial charge is 0.275 e. The standard InChI is InChI=1S/C20H18N4O4S/c1-12-5-4-8-16-19(12)13(10-21-16)9-17-14-6-2-3-7-15(14)20(26)24(22-17)11-18(25)23-29(27)28/h2-8,10,21H,9,11H2,1H3,(H,23,25)(H,27,28). The number of nitrogens with zero attached hydrogens (tertiary/aromatic N) is 2. The van der Waals surface area contributed by atoms with Gasteiger partial charge in [0.15, 0.2) is 0 Å². The summed E-state index contributed by atoms with van der Waals surface area (Å²) < 4.78 is 22.5. The van der Waals surface area contributed by atoms with E-state index < -0.39 is 29.3 Å². The lowest BCUT2D eigenvalue weighted by Crippen LogP contribution is -2.35. The van der Waals surface area contributed by atoms with E-state index in [1.165, 1.54) is 0 Å². The van der Waals surface area contributed by atoms with Crippen LogP contribution in [0.3, 0.4) is 0 Å². The summed E-state index contributed by atoms with van der Waals surface area (Å²) in [5.41, 5.74) is 3.38. The molecule has 0 saturated carbocycles. The molecule has 4 rings (SSSR count). The summed E-state index contributed by atoms with van der Waals surface area (Å²) in [6, 6.07) is 13.1. The number of carbonyl (C=O) groups excluding carboxylic acids is 1. The fraction of sp³-hybridized carbons (Fsp3) is 0.150. The van der Waals surface area contributed by atoms with Gasteiger partial charge in [0.25, 0.3) is 22.7 Å². The number of hydrogen-bond donors (Lipinski definition) is 3. The lowest BCUT2D eigenvalue weighted by Gasteiger charge is -2.11. The van der Waals surface area contributed by atoms with Gasteiger partial charge in [0.1, 0.15) is 6.54 Å². The third-order valence-corrected chi connectivity index (χ3v) is 5.19. The molecule has 0 bridgehead atoms. The number of aromatic amines is 1. The van der Waals surface area contributed by atoms with Gasteiger partial charge in [-0.1, -0.05) is 30.3 Å². The number of aryl methyl sites for hydroxylation is 1. The van der Waals surface area contributed by atoms with Gasteiger partial charge in [-0.25, -0.2) is 8.89 Å². The van der Waals surface area contributed by atoms with Crippen molar-refractivity contribution in [3.8, 4) is 0 Å². The van der Waals surface area contributed by atoms with Crippen molar-refractivity contribution in [1.82, 2.24) is 19.5 Å². The summed E-state index contributed by atoms with van der Waals surface area (Å²) in [6.07, 6.45) is 2.38. The molecule has 1 unspecified atom stereocenters. The maximum atomic E-state index is 12.7. The Kier molecular flexibility index (Phi) is 4.99. The molecule has 1 atom stereocenters. The number of amides is 1. The predicted molar refractivity (Wildman–Crippen MR) is 111 cm³/mol. The largest absolute Gasteiger partial charge is 0.361 e. The van der Waals surface area contributed by atoms with Crippen LogP contribution in [0.2, 0.25) is 0 Å². The molecule has 9 heteroatoms. The molecule has 0 radical (unpaired) electrons. The second-order valence-corrected chi connectivity index (χ2v) is 7.42. The van der Waals surface area contributed by atoms with Gasteiger partial charge in [0.2, 0.25) is 0 Å². The monoisotopic (exact) mass is 410 g/mol. The van der Waals surface area contributed by atoms with Crippen LogP contribution in [-0.2, 0) is 29.0 Å². The van der Waals surface area contributed by atoms with Crippen LogP contribution in [-0.4, -0.2) is 29.4 Å². The topological polar surface area (TPSA) is 117 Å². The van der Waals surface area contributed by atoms with Crippen molar-refractivity contribution >= 4 is 38.8 Å². The zero-order valence-electron chi connectivity index (χ0n) is 15.5. The number of nitrogens with one attached hydrogen (secondary N) is 2. The van der Waals surface area contributed by atoms with Gasteiger partial charge in [0, 0.05) is 28.9 Å². The minimum atomic E-state index is -2.50. The number of carbonyl (C=O) groups is 1. The van der Waals surface area contributed by atoms with Crippen molar-refractivity contribution in [1.29, 1.82) is 0 Å². The highest BCUT2D eigenvalue weighted by Gasteiger charge is 2.16. The molecule has 29 heavy (non-hydrogen) atoms. The van der Waals surface area contributed by atoms with Crippen LogP contribution >= 0.6 is 0 Å². The van der Waals surface area contributed by atoms with Crippen LogP contribution in [0.4, 0.5) is 0 Å². The molecule has 0 fully saturated rings. The molecule has 3 N–H and O–H groups in total. The summed E-state index contributed by atoms with van der Waals surface area (Å²) >= 11 is -2.50. The first kappa shape index (κ1) is 19.0. The van der Waals surface area contributed by atoms with Gasteiger partial charge < -0.3 is 4.98 Å². The number of fused-ring (bicyclic) bond motifs is 2. The SMILES string of the molecule is Cc1cccc2[nH]cc(Cc3nn(CC(=O)NS(=O)O)c(=O)c4ccccc34)c12. The van der Waals surface area contributed by atoms with E-state index in [1.807, 2.05) is 48.2 Å². The molecule has 0 spiro atoms. The van der Waals surface area contributed by atoms with Crippen molar-refractivity contribution in [2.24, 2.45) is 0 Å². The van der Waals surface area contributed by atoms with Crippen LogP contribution in [0, 0.1) is 6.92 Å². The molecule has 4 aromatic rings. The van der Waals surface area contributed by atoms with Gasteiger partial charge in [0.05, 0.1) is 11.1 Å². The summed E-state index contributed by atoms with van der Waals surface area (Å²) in [7, 11) is 0. The van der Waals surface area contributed by atoms with Gasteiger partial charge in [-0.2, -0.15) is 5.10 Å². The fourth-order valence-corrected chi connectivity index (χ4v) is 3.84. The molecule has 2 aromatic carbocycles. The van der Waals surface area contributed by atoms with Crippen LogP contribution in [0.5, 0.6) is 0 Å². The van der Waals surface area contributed by atoms with Crippen LogP contribution < -0.4 is 10.3 Å². The van der Waals surface area contributed by atoms with Gasteiger partial charge in [-0.05, 0) is 30.2 Å². The number of aromatic nitrogens is 3. The van der Waals surface area contributed by atoms with Crippen LogP contribution in [0.25, 0.3) is 21.7 Å². The lowest BCUT2D eigenvalue weighted by atomic mass is 10.0. The molecule has 0 aliphatic rings. The highest BCUT2D eigenvalue weighted by atomic mass is 32.2. The second kappa shape index (κ2) is 7.61. The van der Waals surface area contributed by atoms with E-state index in [2.05, 4.69) is 10.1 Å². The lowest BCUT2D eigenvalue weighted by molar-refractivity contribution is -0.120. The van der Waals surface area contributed by atoms with Crippen molar-refractivity contribution in [2.75, 3.05) is 0 Å². The van der Waals surface area contributed by atoms with E-state index in [0.29, 0.717) is 22.9 Å². The highest BCUT2D eigenvalue weighted by Crippen LogP contribution is 2.25. The van der Waals surface area contributed by atoms with Crippen LogP contribution in [0.1, 0.15) is 16.8 Å². The number of rotatable bonds is 5. The van der Waals surface area contributed by atoms with E-state index in [4.69, 9.17) is 4.55 Å². The number of benzene rings is 2. The minimum Gasteiger partial charge on any atom is -0.361 e. The molecule has 8 nitrogen and oxygen atoms in total. The Balaban J connectivity index is 1.83. The second-order valence-electron chi connectivity index (χ2n) is 6.72. The average molecular weight is 410 g/mol. The number of H-pyrrole nitrogens is 1. The zero-order chi connectivity index (χ0) is 20.5. The molecule has 2 heterocycles. The van der Waals surface area contributed by atoms with E-state index in [0.717, 1.165) is 26.7 Å². The number of hydrogen-bond acceptors (Lipinski definition) is 4. The first-order valence-electron chi connectivity index (χ1n) is 8.88. The first-order valence-corrected chi connectivity index (χ1v) is 9.99. The molecule has 0 aliphatic heterocycles. The van der Waals surface area contributed by atoms with Gasteiger partial charge in [-0.3, -0.25) is 18.9 Å². The highest BCUT2D eigenvalue weighted by molar-refractivity contribution is 7.77. The van der Waals surface area contributed by atoms with Crippen LogP contribution in [0.15, 0.2) is 53.5 Å². The first-order chi connectivity index (χ1) is 13.9. The predicted octanol–water partition coefficient (Wildman–Crippen LogP) is 2.03. The minimum absolute atomic E-state index is 0.432. The molecule has 148 valence electrons. The van der Waals surface area contributed by atoms with Gasteiger partial charge >= 0.3 is 0 Å². The van der Waals surface area contributed by atoms with E-state index >= 15 is 0 Å². The maximum absolute atomic E-state index is 12.7. The van der Waals surface area contributed by atoms with E-state index in [-0.39, 0.29) is 0 Å². The van der Waals surface area contributed by atoms with Crippen molar-refractivity contribution < 1.29 is 13.6 Å². The van der Waals surface area contributed by atoms with Gasteiger partial charge in [-0.15, -0.1) is 0 Å². The Bertz CT molecular complexity index is 1330. The quantitative estimate of drug-likeness (QED) is 0.435. The molecule has 0 saturated heterocycles. The van der Waals surface area contributed by atoms with E-state index in [9.17, 15) is 13.8 Å². The summed E-state index contributed by atoms with van der Waals surface area (Å²) in [5, 5.41) is 6.66. The Morgan fingerprint density at radius 2 is 1.97 bits per heavy atom. The summed E-state index contributed by atoms with van der Waals surface area (Å²) in [4.78, 5) is 27.9. The van der Waals surface area contributed by atoms with Crippen molar-refractivity contribution in [3.63, 3.8) is 0 Å². The van der Waals surface area contributed by atoms with Crippen molar-refractivity contribution in [2.45, 2.75) is 19.9 Å². The maximum Gasteiger partial charge on any atom is 0.275 e. The Labute approximate surface area is 168 Å². The Morgan fingerprint density at radius 3 is 2.72 bits per heavy atom. The Hall–Kier alpha value is -3.30. The molecular weight excluding hydrogens is 392 g/mol. The third kappa shape index (κ3) is 3.69. The summed E-state index contributed by atoms with van der Waals surface area (Å²) in [5.74, 6) is -0.774. The Morgan fingerprint density at radius 1 is 1.21 bits per heavy atom. The summed E-state index contributed by atoms with van der Waals surface area (Å²) in [6.45, 7) is 1.58. The molecule has 0 aliphatic carbocycles. The zero-order valence-corrected chi connectivity index (χ0v) is 16.3. The van der Waals surface area contributed by atoms with Crippen molar-refractivity contribution in [3.05, 3.63) is 75.8 Å². The third-order valence-electron chi connectivity index (χ3n) is 4.79. The van der Waals surface area contributed by atoms with E-state index in [1.54, 1.807) is 12.1 Å². The normalized spacial score (nSPS) is 12.3. The molecular formula is C20H18N4O4S. The average Bonchev–Trinajstić information content (AvgIpc) is 3.09.